The van der Waals surface area contributed by atoms with Crippen LogP contribution in [0.4, 0.5) is 0 Å². The predicted octanol–water partition coefficient (Wildman–Crippen LogP) is -4.22. The fourth-order valence-electron chi connectivity index (χ4n) is 3.43. The molecule has 104 valence electrons. The van der Waals surface area contributed by atoms with Crippen molar-refractivity contribution in [1.29, 1.82) is 0 Å². The summed E-state index contributed by atoms with van der Waals surface area (Å²) in [7, 11) is 0. The van der Waals surface area contributed by atoms with Gasteiger partial charge in [-0.15, -0.1) is 0 Å². The molecule has 0 radical (unpaired) electrons. The Morgan fingerprint density at radius 1 is 1.55 bits per heavy atom. The molecule has 3 aliphatic heterocycles. The molecule has 2 fully saturated rings. The molecule has 3 rings (SSSR count). The van der Waals surface area contributed by atoms with E-state index in [1.807, 2.05) is 0 Å². The number of aliphatic carboxylic acids is 1. The van der Waals surface area contributed by atoms with E-state index in [0.717, 1.165) is 12.8 Å². The Hall–Kier alpha value is -0.400. The van der Waals surface area contributed by atoms with Gasteiger partial charge >= 0.3 is 29.6 Å². The van der Waals surface area contributed by atoms with E-state index in [2.05, 4.69) is 0 Å². The minimum absolute atomic E-state index is 0. The predicted molar refractivity (Wildman–Crippen MR) is 61.4 cm³/mol. The van der Waals surface area contributed by atoms with E-state index in [-0.39, 0.29) is 53.3 Å². The molecule has 7 heteroatoms. The van der Waals surface area contributed by atoms with E-state index in [0.29, 0.717) is 18.6 Å². The largest absolute Gasteiger partial charge is 1.00 e. The molecule has 2 saturated heterocycles. The number of aliphatic hydroxyl groups is 1. The van der Waals surface area contributed by atoms with Crippen molar-refractivity contribution in [2.45, 2.75) is 44.4 Å². The minimum Gasteiger partial charge on any atom is -0.543 e. The molecule has 0 aromatic rings. The van der Waals surface area contributed by atoms with Crippen LogP contribution in [-0.2, 0) is 14.3 Å². The van der Waals surface area contributed by atoms with Gasteiger partial charge in [0.05, 0.1) is 35.8 Å². The number of rotatable bonds is 3. The number of hydrogen-bond donors (Lipinski definition) is 1. The summed E-state index contributed by atoms with van der Waals surface area (Å²) in [6.07, 6.45) is 1.16. The van der Waals surface area contributed by atoms with E-state index < -0.39 is 18.0 Å². The minimum atomic E-state index is -1.33. The van der Waals surface area contributed by atoms with Crippen molar-refractivity contribution in [3.8, 4) is 0 Å². The number of aliphatic hydroxyl groups excluding tert-OH is 1. The van der Waals surface area contributed by atoms with Crippen LogP contribution in [0.1, 0.15) is 26.2 Å². The van der Waals surface area contributed by atoms with E-state index in [9.17, 15) is 19.8 Å². The second kappa shape index (κ2) is 5.77. The fourth-order valence-corrected chi connectivity index (χ4v) is 3.43. The zero-order valence-corrected chi connectivity index (χ0v) is 13.7. The van der Waals surface area contributed by atoms with Gasteiger partial charge in [-0.25, -0.2) is 0 Å². The first-order valence-electron chi connectivity index (χ1n) is 6.59. The van der Waals surface area contributed by atoms with Gasteiger partial charge in [-0.05, 0) is 31.8 Å². The quantitative estimate of drug-likeness (QED) is 0.420. The number of fused-ring (bicyclic) bond motifs is 1. The summed E-state index contributed by atoms with van der Waals surface area (Å²) >= 11 is 0. The molecule has 1 N–H and O–H groups in total. The first-order valence-corrected chi connectivity index (χ1v) is 6.59. The molecule has 4 atom stereocenters. The molecule has 0 spiro atoms. The molecule has 6 nitrogen and oxygen atoms in total. The third-order valence-corrected chi connectivity index (χ3v) is 4.27. The van der Waals surface area contributed by atoms with Gasteiger partial charge < -0.3 is 24.6 Å². The fraction of sp³-hybridized carbons (Fsp3) is 0.692. The average Bonchev–Trinajstić information content (AvgIpc) is 2.92. The van der Waals surface area contributed by atoms with E-state index in [1.54, 1.807) is 6.92 Å². The zero-order valence-electron chi connectivity index (χ0n) is 11.7. The van der Waals surface area contributed by atoms with E-state index >= 15 is 0 Å². The second-order valence-corrected chi connectivity index (χ2v) is 5.41. The molecule has 0 aromatic heterocycles. The summed E-state index contributed by atoms with van der Waals surface area (Å²) in [6.45, 7) is 2.18. The number of nitrogens with zero attached hydrogens (tertiary/aromatic N) is 1. The van der Waals surface area contributed by atoms with Crippen molar-refractivity contribution >= 4 is 11.9 Å². The van der Waals surface area contributed by atoms with Crippen LogP contribution in [0.3, 0.4) is 0 Å². The molecule has 0 saturated carbocycles. The van der Waals surface area contributed by atoms with Crippen LogP contribution in [0.25, 0.3) is 0 Å². The number of hydrogen-bond acceptors (Lipinski definition) is 5. The van der Waals surface area contributed by atoms with Crippen molar-refractivity contribution in [2.24, 2.45) is 5.92 Å². The third-order valence-electron chi connectivity index (χ3n) is 4.27. The van der Waals surface area contributed by atoms with Crippen molar-refractivity contribution < 1.29 is 54.1 Å². The molecule has 0 aromatic carbocycles. The van der Waals surface area contributed by atoms with Gasteiger partial charge in [-0.2, -0.15) is 0 Å². The van der Waals surface area contributed by atoms with Crippen molar-refractivity contribution in [2.75, 3.05) is 6.61 Å². The molecule has 1 amide bonds. The maximum atomic E-state index is 12.0. The number of ether oxygens (including phenoxy) is 1. The molecule has 0 aliphatic carbocycles. The third kappa shape index (κ3) is 2.23. The van der Waals surface area contributed by atoms with Crippen LogP contribution in [0, 0.1) is 5.92 Å². The van der Waals surface area contributed by atoms with Crippen LogP contribution in [0.5, 0.6) is 0 Å². The normalized spacial score (nSPS) is 33.6. The van der Waals surface area contributed by atoms with Crippen molar-refractivity contribution in [3.05, 3.63) is 11.3 Å². The van der Waals surface area contributed by atoms with Crippen LogP contribution in [-0.4, -0.2) is 46.7 Å². The molecule has 20 heavy (non-hydrogen) atoms. The van der Waals surface area contributed by atoms with Crippen molar-refractivity contribution in [3.63, 3.8) is 0 Å². The summed E-state index contributed by atoms with van der Waals surface area (Å²) in [4.78, 5) is 24.5. The van der Waals surface area contributed by atoms with E-state index in [4.69, 9.17) is 4.74 Å². The van der Waals surface area contributed by atoms with Crippen LogP contribution >= 0.6 is 0 Å². The summed E-state index contributed by atoms with van der Waals surface area (Å²) in [5.74, 6) is -2.16. The summed E-state index contributed by atoms with van der Waals surface area (Å²) in [5, 5.41) is 20.9. The first kappa shape index (κ1) is 16.0. The Labute approximate surface area is 139 Å². The van der Waals surface area contributed by atoms with Gasteiger partial charge in [0, 0.05) is 6.61 Å². The van der Waals surface area contributed by atoms with Crippen LogP contribution < -0.4 is 34.7 Å². The Bertz CT molecular complexity index is 469. The summed E-state index contributed by atoms with van der Waals surface area (Å²) in [6, 6.07) is -0.250. The van der Waals surface area contributed by atoms with Gasteiger partial charge in [0.1, 0.15) is 0 Å². The monoisotopic (exact) mass is 289 g/mol. The standard InChI is InChI=1S/C13H17NO5.Na/c1-6(15)10-8-5-7(9-3-2-4-19-9)11(13(17)18)14(8)12(10)16;/h6,8-10,15H,2-5H2,1H3,(H,17,18);/q;+1/p-1/t6-,8-,9+,10-;/m1./s1. The molecular formula is C13H16NNaO5. The Morgan fingerprint density at radius 3 is 2.75 bits per heavy atom. The number of carboxylic acids is 1. The number of carbonyl (C=O) groups is 2. The van der Waals surface area contributed by atoms with Crippen LogP contribution in [0.15, 0.2) is 11.3 Å². The molecule has 3 aliphatic rings. The Balaban J connectivity index is 0.00000147. The van der Waals surface area contributed by atoms with Gasteiger partial charge in [0.15, 0.2) is 0 Å². The second-order valence-electron chi connectivity index (χ2n) is 5.41. The maximum absolute atomic E-state index is 12.0. The molecular weight excluding hydrogens is 273 g/mol. The van der Waals surface area contributed by atoms with E-state index in [1.165, 1.54) is 4.90 Å². The number of carbonyl (C=O) groups excluding carboxylic acids is 2. The van der Waals surface area contributed by atoms with Gasteiger partial charge in [-0.3, -0.25) is 4.79 Å². The topological polar surface area (TPSA) is 89.9 Å². The number of carboxylic acid groups (broad SMARTS) is 1. The summed E-state index contributed by atoms with van der Waals surface area (Å²) in [5.41, 5.74) is 0.623. The smallest absolute Gasteiger partial charge is 0.543 e. The first-order chi connectivity index (χ1) is 9.02. The van der Waals surface area contributed by atoms with Gasteiger partial charge in [0.25, 0.3) is 0 Å². The Kier molecular flexibility index (Phi) is 4.61. The van der Waals surface area contributed by atoms with Gasteiger partial charge in [0.2, 0.25) is 5.91 Å². The molecule has 0 unspecified atom stereocenters. The molecule has 0 bridgehead atoms. The Morgan fingerprint density at radius 2 is 2.25 bits per heavy atom. The number of β-lactam (4-membered cyclic amide) rings is 1. The SMILES string of the molecule is C[C@@H](O)[C@H]1C(=O)N2C(C(=O)[O-])=C([C@@H]3CCCO3)C[C@H]12.[Na+]. The summed E-state index contributed by atoms with van der Waals surface area (Å²) < 4.78 is 5.52. The number of amides is 1. The zero-order chi connectivity index (χ0) is 13.7. The van der Waals surface area contributed by atoms with Crippen LogP contribution in [0.2, 0.25) is 0 Å². The van der Waals surface area contributed by atoms with Crippen molar-refractivity contribution in [1.82, 2.24) is 4.90 Å². The average molecular weight is 289 g/mol. The van der Waals surface area contributed by atoms with Gasteiger partial charge in [-0.1, -0.05) is 0 Å². The molecule has 3 heterocycles. The maximum Gasteiger partial charge on any atom is 1.00 e.